The summed E-state index contributed by atoms with van der Waals surface area (Å²) in [6.45, 7) is 5.20. The fourth-order valence-electron chi connectivity index (χ4n) is 3.85. The highest BCUT2D eigenvalue weighted by molar-refractivity contribution is 5.83. The van der Waals surface area contributed by atoms with E-state index in [0.29, 0.717) is 6.54 Å². The average Bonchev–Trinajstić information content (AvgIpc) is 2.83. The first-order valence-electron chi connectivity index (χ1n) is 8.15. The van der Waals surface area contributed by atoms with Gasteiger partial charge in [0.15, 0.2) is 0 Å². The smallest absolute Gasteiger partial charge is 0.0184 e. The fraction of sp³-hybridized carbons (Fsp3) is 0.182. The van der Waals surface area contributed by atoms with Crippen molar-refractivity contribution in [1.82, 2.24) is 0 Å². The molecule has 0 bridgehead atoms. The van der Waals surface area contributed by atoms with Crippen molar-refractivity contribution in [1.29, 1.82) is 0 Å². The van der Waals surface area contributed by atoms with Crippen LogP contribution in [0.15, 0.2) is 66.7 Å². The molecule has 0 unspecified atom stereocenters. The Morgan fingerprint density at radius 2 is 1.39 bits per heavy atom. The molecule has 1 aliphatic rings. The highest BCUT2D eigenvalue weighted by Gasteiger charge is 2.35. The Balaban J connectivity index is 1.93. The summed E-state index contributed by atoms with van der Waals surface area (Å²) in [5, 5.41) is 0. The van der Waals surface area contributed by atoms with Crippen molar-refractivity contribution in [2.24, 2.45) is 5.73 Å². The summed E-state index contributed by atoms with van der Waals surface area (Å²) in [5.74, 6) is 0. The van der Waals surface area contributed by atoms with E-state index in [1.807, 2.05) is 0 Å². The van der Waals surface area contributed by atoms with Crippen molar-refractivity contribution in [3.63, 3.8) is 0 Å². The van der Waals surface area contributed by atoms with Gasteiger partial charge in [0.1, 0.15) is 0 Å². The molecule has 114 valence electrons. The van der Waals surface area contributed by atoms with Gasteiger partial charge in [-0.3, -0.25) is 0 Å². The van der Waals surface area contributed by atoms with Crippen molar-refractivity contribution >= 4 is 0 Å². The van der Waals surface area contributed by atoms with Crippen molar-refractivity contribution < 1.29 is 0 Å². The first-order valence-corrected chi connectivity index (χ1v) is 8.15. The molecule has 0 aliphatic heterocycles. The van der Waals surface area contributed by atoms with E-state index in [9.17, 15) is 0 Å². The number of rotatable bonds is 2. The van der Waals surface area contributed by atoms with Crippen LogP contribution in [0.3, 0.4) is 0 Å². The van der Waals surface area contributed by atoms with Crippen molar-refractivity contribution in [2.45, 2.75) is 25.8 Å². The Labute approximate surface area is 137 Å². The van der Waals surface area contributed by atoms with E-state index in [1.54, 1.807) is 0 Å². The quantitative estimate of drug-likeness (QED) is 0.698. The molecular weight excluding hydrogens is 278 g/mol. The molecule has 0 amide bonds. The Morgan fingerprint density at radius 3 is 2.17 bits per heavy atom. The van der Waals surface area contributed by atoms with Gasteiger partial charge in [-0.2, -0.15) is 0 Å². The zero-order chi connectivity index (χ0) is 16.0. The lowest BCUT2D eigenvalue weighted by Gasteiger charge is -2.22. The topological polar surface area (TPSA) is 26.0 Å². The number of hydrogen-bond acceptors (Lipinski definition) is 1. The fourth-order valence-corrected chi connectivity index (χ4v) is 3.85. The van der Waals surface area contributed by atoms with E-state index in [2.05, 4.69) is 80.6 Å². The van der Waals surface area contributed by atoms with E-state index in [4.69, 9.17) is 5.73 Å². The van der Waals surface area contributed by atoms with Gasteiger partial charge >= 0.3 is 0 Å². The first kappa shape index (κ1) is 14.2. The summed E-state index contributed by atoms with van der Waals surface area (Å²) in [6, 6.07) is 24.0. The third-order valence-corrected chi connectivity index (χ3v) is 5.13. The summed E-state index contributed by atoms with van der Waals surface area (Å²) in [5.41, 5.74) is 15.2. The Kier molecular flexibility index (Phi) is 3.14. The van der Waals surface area contributed by atoms with Gasteiger partial charge in [-0.05, 0) is 45.0 Å². The molecule has 0 heterocycles. The third kappa shape index (κ3) is 2.04. The second-order valence-corrected chi connectivity index (χ2v) is 6.79. The Hall–Kier alpha value is -2.38. The summed E-state index contributed by atoms with van der Waals surface area (Å²) in [4.78, 5) is 0. The molecule has 4 rings (SSSR count). The lowest BCUT2D eigenvalue weighted by atomic mass is 9.81. The van der Waals surface area contributed by atoms with Crippen LogP contribution in [0.5, 0.6) is 0 Å². The predicted molar refractivity (Wildman–Crippen MR) is 97.3 cm³/mol. The summed E-state index contributed by atoms with van der Waals surface area (Å²) < 4.78 is 0. The van der Waals surface area contributed by atoms with Crippen LogP contribution in [0, 0.1) is 0 Å². The van der Waals surface area contributed by atoms with Gasteiger partial charge in [0.25, 0.3) is 0 Å². The maximum absolute atomic E-state index is 5.92. The number of hydrogen-bond donors (Lipinski definition) is 1. The molecule has 0 atom stereocenters. The zero-order valence-corrected chi connectivity index (χ0v) is 13.6. The molecule has 3 aromatic carbocycles. The molecule has 23 heavy (non-hydrogen) atoms. The van der Waals surface area contributed by atoms with Crippen LogP contribution in [0.2, 0.25) is 0 Å². The van der Waals surface area contributed by atoms with Gasteiger partial charge in [0, 0.05) is 12.0 Å². The predicted octanol–water partition coefficient (Wildman–Crippen LogP) is 5.12. The van der Waals surface area contributed by atoms with Crippen LogP contribution >= 0.6 is 0 Å². The standard InChI is InChI=1S/C22H21N/c1-22(2)20-10-6-5-9-18(20)19-12-11-15(13-21(19)22)17-8-4-3-7-16(17)14-23/h3-13H,14,23H2,1-2H3. The van der Waals surface area contributed by atoms with Crippen LogP contribution in [0.4, 0.5) is 0 Å². The largest absolute Gasteiger partial charge is 0.326 e. The minimum absolute atomic E-state index is 0.0413. The van der Waals surface area contributed by atoms with Crippen LogP contribution < -0.4 is 5.73 Å². The monoisotopic (exact) mass is 299 g/mol. The van der Waals surface area contributed by atoms with Crippen molar-refractivity contribution in [3.05, 3.63) is 83.4 Å². The van der Waals surface area contributed by atoms with Gasteiger partial charge in [-0.1, -0.05) is 74.5 Å². The molecule has 1 aliphatic carbocycles. The third-order valence-electron chi connectivity index (χ3n) is 5.13. The van der Waals surface area contributed by atoms with E-state index >= 15 is 0 Å². The Morgan fingerprint density at radius 1 is 0.739 bits per heavy atom. The molecule has 3 aromatic rings. The molecule has 0 aromatic heterocycles. The number of benzene rings is 3. The first-order chi connectivity index (χ1) is 11.1. The van der Waals surface area contributed by atoms with E-state index in [-0.39, 0.29) is 5.41 Å². The highest BCUT2D eigenvalue weighted by Crippen LogP contribution is 2.49. The molecule has 1 nitrogen and oxygen atoms in total. The normalized spacial score (nSPS) is 14.4. The SMILES string of the molecule is CC1(C)c2ccccc2-c2ccc(-c3ccccc3CN)cc21. The van der Waals surface area contributed by atoms with E-state index < -0.39 is 0 Å². The second kappa shape index (κ2) is 5.07. The molecule has 2 N–H and O–H groups in total. The van der Waals surface area contributed by atoms with Gasteiger partial charge in [-0.15, -0.1) is 0 Å². The summed E-state index contributed by atoms with van der Waals surface area (Å²) in [7, 11) is 0. The summed E-state index contributed by atoms with van der Waals surface area (Å²) >= 11 is 0. The molecule has 0 fully saturated rings. The molecule has 0 spiro atoms. The highest BCUT2D eigenvalue weighted by atomic mass is 14.5. The minimum atomic E-state index is 0.0413. The van der Waals surface area contributed by atoms with Crippen molar-refractivity contribution in [2.75, 3.05) is 0 Å². The lowest BCUT2D eigenvalue weighted by molar-refractivity contribution is 0.660. The molecular formula is C22H21N. The van der Waals surface area contributed by atoms with Gasteiger partial charge in [-0.25, -0.2) is 0 Å². The van der Waals surface area contributed by atoms with Crippen LogP contribution in [-0.2, 0) is 12.0 Å². The zero-order valence-electron chi connectivity index (χ0n) is 13.6. The molecule has 0 saturated heterocycles. The van der Waals surface area contributed by atoms with Crippen LogP contribution in [-0.4, -0.2) is 0 Å². The summed E-state index contributed by atoms with van der Waals surface area (Å²) in [6.07, 6.45) is 0. The maximum Gasteiger partial charge on any atom is 0.0184 e. The Bertz CT molecular complexity index is 890. The molecule has 0 saturated carbocycles. The van der Waals surface area contributed by atoms with Crippen molar-refractivity contribution in [3.8, 4) is 22.3 Å². The van der Waals surface area contributed by atoms with Gasteiger partial charge in [0.2, 0.25) is 0 Å². The van der Waals surface area contributed by atoms with Gasteiger partial charge < -0.3 is 5.73 Å². The van der Waals surface area contributed by atoms with E-state index in [0.717, 1.165) is 0 Å². The number of fused-ring (bicyclic) bond motifs is 3. The molecule has 0 radical (unpaired) electrons. The maximum atomic E-state index is 5.92. The molecule has 1 heteroatoms. The second-order valence-electron chi connectivity index (χ2n) is 6.79. The van der Waals surface area contributed by atoms with Crippen LogP contribution in [0.1, 0.15) is 30.5 Å². The lowest BCUT2D eigenvalue weighted by Crippen LogP contribution is -2.15. The van der Waals surface area contributed by atoms with Crippen LogP contribution in [0.25, 0.3) is 22.3 Å². The average molecular weight is 299 g/mol. The van der Waals surface area contributed by atoms with Gasteiger partial charge in [0.05, 0.1) is 0 Å². The minimum Gasteiger partial charge on any atom is -0.326 e. The van der Waals surface area contributed by atoms with E-state index in [1.165, 1.54) is 38.9 Å². The number of nitrogens with two attached hydrogens (primary N) is 1.